The summed E-state index contributed by atoms with van der Waals surface area (Å²) in [5, 5.41) is 13.6. The molecule has 0 aliphatic heterocycles. The number of benzene rings is 1. The average molecular weight is 303 g/mol. The van der Waals surface area contributed by atoms with Gasteiger partial charge in [-0.25, -0.2) is 0 Å². The summed E-state index contributed by atoms with van der Waals surface area (Å²) in [6.07, 6.45) is 3.94. The number of hydrogen-bond donors (Lipinski definition) is 4. The summed E-state index contributed by atoms with van der Waals surface area (Å²) in [6, 6.07) is 7.64. The Kier molecular flexibility index (Phi) is 5.21. The maximum absolute atomic E-state index is 12.3. The van der Waals surface area contributed by atoms with Gasteiger partial charge in [0.2, 0.25) is 5.91 Å². The van der Waals surface area contributed by atoms with E-state index in [4.69, 9.17) is 5.73 Å². The molecule has 2 aromatic rings. The highest BCUT2D eigenvalue weighted by molar-refractivity contribution is 5.86. The van der Waals surface area contributed by atoms with E-state index in [1.54, 1.807) is 6.92 Å². The van der Waals surface area contributed by atoms with Crippen LogP contribution < -0.4 is 11.1 Å². The Labute approximate surface area is 130 Å². The molecule has 0 saturated heterocycles. The molecular weight excluding hydrogens is 278 g/mol. The van der Waals surface area contributed by atoms with Gasteiger partial charge >= 0.3 is 0 Å². The first-order valence-electron chi connectivity index (χ1n) is 7.73. The lowest BCUT2D eigenvalue weighted by atomic mass is 9.95. The molecule has 0 aliphatic rings. The molecule has 0 fully saturated rings. The van der Waals surface area contributed by atoms with E-state index in [9.17, 15) is 9.90 Å². The van der Waals surface area contributed by atoms with Gasteiger partial charge in [-0.05, 0) is 31.4 Å². The van der Waals surface area contributed by atoms with Crippen molar-refractivity contribution in [3.05, 3.63) is 36.0 Å². The van der Waals surface area contributed by atoms with Crippen molar-refractivity contribution in [1.82, 2.24) is 10.3 Å². The Morgan fingerprint density at radius 3 is 2.86 bits per heavy atom. The number of nitrogens with one attached hydrogen (secondary N) is 2. The number of aromatic nitrogens is 1. The van der Waals surface area contributed by atoms with Crippen LogP contribution >= 0.6 is 0 Å². The molecule has 5 N–H and O–H groups in total. The fourth-order valence-electron chi connectivity index (χ4n) is 2.71. The SMILES string of the molecule is CCCC(C)(N)C(=O)NC(CO)Cc1c[nH]c2ccccc12. The van der Waals surface area contributed by atoms with E-state index in [2.05, 4.69) is 10.3 Å². The van der Waals surface area contributed by atoms with Crippen LogP contribution in [0.5, 0.6) is 0 Å². The summed E-state index contributed by atoms with van der Waals surface area (Å²) in [7, 11) is 0. The molecule has 0 radical (unpaired) electrons. The number of aliphatic hydroxyl groups is 1. The third kappa shape index (κ3) is 3.67. The van der Waals surface area contributed by atoms with Crippen LogP contribution in [0.3, 0.4) is 0 Å². The third-order valence-electron chi connectivity index (χ3n) is 3.98. The minimum absolute atomic E-state index is 0.118. The molecule has 2 unspecified atom stereocenters. The lowest BCUT2D eigenvalue weighted by molar-refractivity contribution is -0.127. The van der Waals surface area contributed by atoms with Gasteiger partial charge < -0.3 is 21.1 Å². The monoisotopic (exact) mass is 303 g/mol. The second kappa shape index (κ2) is 6.94. The van der Waals surface area contributed by atoms with Gasteiger partial charge in [-0.15, -0.1) is 0 Å². The van der Waals surface area contributed by atoms with Gasteiger partial charge in [0.25, 0.3) is 0 Å². The average Bonchev–Trinajstić information content (AvgIpc) is 2.89. The number of carbonyl (C=O) groups is 1. The van der Waals surface area contributed by atoms with Crippen LogP contribution in [-0.2, 0) is 11.2 Å². The van der Waals surface area contributed by atoms with Gasteiger partial charge in [-0.1, -0.05) is 31.5 Å². The van der Waals surface area contributed by atoms with Gasteiger partial charge in [-0.2, -0.15) is 0 Å². The van der Waals surface area contributed by atoms with Crippen LogP contribution in [0, 0.1) is 0 Å². The zero-order valence-electron chi connectivity index (χ0n) is 13.2. The highest BCUT2D eigenvalue weighted by Gasteiger charge is 2.29. The van der Waals surface area contributed by atoms with E-state index >= 15 is 0 Å². The number of H-pyrrole nitrogens is 1. The molecule has 0 bridgehead atoms. The summed E-state index contributed by atoms with van der Waals surface area (Å²) in [5.41, 5.74) is 7.26. The van der Waals surface area contributed by atoms with Crippen molar-refractivity contribution in [2.24, 2.45) is 5.73 Å². The van der Waals surface area contributed by atoms with Gasteiger partial charge in [-0.3, -0.25) is 4.79 Å². The highest BCUT2D eigenvalue weighted by Crippen LogP contribution is 2.19. The zero-order valence-corrected chi connectivity index (χ0v) is 13.2. The molecule has 1 aromatic heterocycles. The van der Waals surface area contributed by atoms with Crippen molar-refractivity contribution in [2.75, 3.05) is 6.61 Å². The molecule has 1 aromatic carbocycles. The van der Waals surface area contributed by atoms with Crippen molar-refractivity contribution in [2.45, 2.75) is 44.7 Å². The van der Waals surface area contributed by atoms with Crippen LogP contribution in [0.1, 0.15) is 32.3 Å². The molecule has 1 amide bonds. The van der Waals surface area contributed by atoms with Gasteiger partial charge in [0.05, 0.1) is 18.2 Å². The van der Waals surface area contributed by atoms with Gasteiger partial charge in [0.15, 0.2) is 0 Å². The normalized spacial score (nSPS) is 15.5. The summed E-state index contributed by atoms with van der Waals surface area (Å²) in [5.74, 6) is -0.215. The predicted octanol–water partition coefficient (Wildman–Crippen LogP) is 1.70. The Balaban J connectivity index is 2.08. The summed E-state index contributed by atoms with van der Waals surface area (Å²) in [4.78, 5) is 15.5. The second-order valence-electron chi connectivity index (χ2n) is 6.08. The number of amides is 1. The molecule has 2 atom stereocenters. The molecule has 0 spiro atoms. The molecular formula is C17H25N3O2. The molecule has 0 saturated carbocycles. The Hall–Kier alpha value is -1.85. The summed E-state index contributed by atoms with van der Waals surface area (Å²) < 4.78 is 0. The van der Waals surface area contributed by atoms with Gasteiger partial charge in [0, 0.05) is 17.1 Å². The van der Waals surface area contributed by atoms with Crippen molar-refractivity contribution in [3.63, 3.8) is 0 Å². The fraction of sp³-hybridized carbons (Fsp3) is 0.471. The summed E-state index contributed by atoms with van der Waals surface area (Å²) >= 11 is 0. The van der Waals surface area contributed by atoms with Crippen LogP contribution in [0.2, 0.25) is 0 Å². The molecule has 120 valence electrons. The topological polar surface area (TPSA) is 91.1 Å². The van der Waals surface area contributed by atoms with E-state index in [0.717, 1.165) is 22.9 Å². The van der Waals surface area contributed by atoms with E-state index in [1.807, 2.05) is 37.4 Å². The summed E-state index contributed by atoms with van der Waals surface area (Å²) in [6.45, 7) is 3.60. The minimum Gasteiger partial charge on any atom is -0.394 e. The number of fused-ring (bicyclic) bond motifs is 1. The minimum atomic E-state index is -0.900. The zero-order chi connectivity index (χ0) is 16.2. The van der Waals surface area contributed by atoms with Crippen molar-refractivity contribution in [1.29, 1.82) is 0 Å². The van der Waals surface area contributed by atoms with E-state index in [-0.39, 0.29) is 18.6 Å². The molecule has 0 aliphatic carbocycles. The standard InChI is InChI=1S/C17H25N3O2/c1-3-8-17(2,18)16(22)20-13(11-21)9-12-10-19-15-7-5-4-6-14(12)15/h4-7,10,13,19,21H,3,8-9,11,18H2,1-2H3,(H,20,22). The van der Waals surface area contributed by atoms with E-state index < -0.39 is 5.54 Å². The quantitative estimate of drug-likeness (QED) is 0.627. The predicted molar refractivity (Wildman–Crippen MR) is 88.5 cm³/mol. The molecule has 22 heavy (non-hydrogen) atoms. The highest BCUT2D eigenvalue weighted by atomic mass is 16.3. The van der Waals surface area contributed by atoms with Gasteiger partial charge in [0.1, 0.15) is 0 Å². The number of hydrogen-bond acceptors (Lipinski definition) is 3. The van der Waals surface area contributed by atoms with Crippen molar-refractivity contribution in [3.8, 4) is 0 Å². The van der Waals surface area contributed by atoms with Crippen LogP contribution in [-0.4, -0.2) is 34.2 Å². The number of rotatable bonds is 7. The lowest BCUT2D eigenvalue weighted by Crippen LogP contribution is -2.55. The largest absolute Gasteiger partial charge is 0.394 e. The Morgan fingerprint density at radius 1 is 1.45 bits per heavy atom. The molecule has 2 rings (SSSR count). The van der Waals surface area contributed by atoms with Crippen LogP contribution in [0.25, 0.3) is 10.9 Å². The number of carbonyl (C=O) groups excluding carboxylic acids is 1. The first-order valence-corrected chi connectivity index (χ1v) is 7.73. The van der Waals surface area contributed by atoms with Crippen molar-refractivity contribution >= 4 is 16.8 Å². The number of aromatic amines is 1. The number of nitrogens with two attached hydrogens (primary N) is 1. The fourth-order valence-corrected chi connectivity index (χ4v) is 2.71. The molecule has 5 heteroatoms. The first-order chi connectivity index (χ1) is 10.5. The number of aliphatic hydroxyl groups excluding tert-OH is 1. The Morgan fingerprint density at radius 2 is 2.18 bits per heavy atom. The lowest BCUT2D eigenvalue weighted by Gasteiger charge is -2.26. The van der Waals surface area contributed by atoms with Crippen LogP contribution in [0.4, 0.5) is 0 Å². The van der Waals surface area contributed by atoms with Crippen LogP contribution in [0.15, 0.2) is 30.5 Å². The van der Waals surface area contributed by atoms with Crippen molar-refractivity contribution < 1.29 is 9.90 Å². The third-order valence-corrected chi connectivity index (χ3v) is 3.98. The van der Waals surface area contributed by atoms with E-state index in [0.29, 0.717) is 12.8 Å². The van der Waals surface area contributed by atoms with E-state index in [1.165, 1.54) is 0 Å². The second-order valence-corrected chi connectivity index (χ2v) is 6.08. The maximum Gasteiger partial charge on any atom is 0.240 e. The maximum atomic E-state index is 12.3. The first kappa shape index (κ1) is 16.5. The smallest absolute Gasteiger partial charge is 0.240 e. The number of para-hydroxylation sites is 1. The molecule has 5 nitrogen and oxygen atoms in total. The molecule has 1 heterocycles. The Bertz CT molecular complexity index is 634.